The number of halogens is 1. The van der Waals surface area contributed by atoms with Crippen molar-refractivity contribution in [2.75, 3.05) is 13.2 Å². The summed E-state index contributed by atoms with van der Waals surface area (Å²) in [6.45, 7) is 2.12. The molecule has 0 radical (unpaired) electrons. The molecule has 0 saturated heterocycles. The number of unbranched alkanes of at least 4 members (excludes halogenated alkanes) is 2. The molecule has 0 bridgehead atoms. The van der Waals surface area contributed by atoms with Crippen LogP contribution in [0, 0.1) is 0 Å². The van der Waals surface area contributed by atoms with Crippen molar-refractivity contribution in [2.45, 2.75) is 32.2 Å². The quantitative estimate of drug-likeness (QED) is 0.576. The van der Waals surface area contributed by atoms with E-state index < -0.39 is 0 Å². The number of ether oxygens (including phenoxy) is 1. The van der Waals surface area contributed by atoms with Gasteiger partial charge >= 0.3 is 0 Å². The molecule has 0 amide bonds. The molecule has 5 heteroatoms. The molecule has 25 heavy (non-hydrogen) atoms. The molecule has 4 nitrogen and oxygen atoms in total. The summed E-state index contributed by atoms with van der Waals surface area (Å²) in [5.41, 5.74) is 7.79. The van der Waals surface area contributed by atoms with Crippen molar-refractivity contribution in [1.82, 2.24) is 9.55 Å². The molecule has 2 aromatic carbocycles. The number of rotatable bonds is 9. The lowest BCUT2D eigenvalue weighted by Crippen LogP contribution is -2.11. The minimum atomic E-state index is 0.595. The maximum atomic E-state index is 5.91. The number of fused-ring (bicyclic) bond motifs is 1. The van der Waals surface area contributed by atoms with Gasteiger partial charge in [-0.1, -0.05) is 30.2 Å². The van der Waals surface area contributed by atoms with Crippen molar-refractivity contribution in [3.63, 3.8) is 0 Å². The molecule has 132 valence electrons. The number of nitrogens with two attached hydrogens (primary N) is 1. The second kappa shape index (κ2) is 8.88. The smallest absolute Gasteiger partial charge is 0.119 e. The molecule has 1 heterocycles. The average molecular weight is 358 g/mol. The fourth-order valence-corrected chi connectivity index (χ4v) is 3.08. The van der Waals surface area contributed by atoms with E-state index in [4.69, 9.17) is 27.1 Å². The number of para-hydroxylation sites is 2. The topological polar surface area (TPSA) is 53.1 Å². The van der Waals surface area contributed by atoms with Gasteiger partial charge in [-0.2, -0.15) is 0 Å². The van der Waals surface area contributed by atoms with Crippen LogP contribution < -0.4 is 10.5 Å². The summed E-state index contributed by atoms with van der Waals surface area (Å²) in [6, 6.07) is 15.7. The Bertz CT molecular complexity index is 798. The van der Waals surface area contributed by atoms with Crippen molar-refractivity contribution in [1.29, 1.82) is 0 Å². The molecule has 0 aliphatic rings. The third-order valence-corrected chi connectivity index (χ3v) is 4.49. The number of nitrogens with zero attached hydrogens (tertiary/aromatic N) is 2. The fraction of sp³-hybridized carbons (Fsp3) is 0.350. The van der Waals surface area contributed by atoms with E-state index in [9.17, 15) is 0 Å². The molecule has 0 unspecified atom stereocenters. The maximum Gasteiger partial charge on any atom is 0.119 e. The van der Waals surface area contributed by atoms with E-state index >= 15 is 0 Å². The van der Waals surface area contributed by atoms with Crippen LogP contribution in [0.15, 0.2) is 48.5 Å². The average Bonchev–Trinajstić information content (AvgIpc) is 2.98. The predicted molar refractivity (Wildman–Crippen MR) is 103 cm³/mol. The molecule has 0 fully saturated rings. The maximum absolute atomic E-state index is 5.91. The first-order chi connectivity index (χ1) is 12.3. The van der Waals surface area contributed by atoms with E-state index in [1.807, 2.05) is 30.3 Å². The lowest BCUT2D eigenvalue weighted by molar-refractivity contribution is 0.298. The summed E-state index contributed by atoms with van der Waals surface area (Å²) in [5.74, 6) is 1.95. The zero-order chi connectivity index (χ0) is 17.5. The lowest BCUT2D eigenvalue weighted by atomic mass is 10.2. The summed E-state index contributed by atoms with van der Waals surface area (Å²) in [4.78, 5) is 4.81. The van der Waals surface area contributed by atoms with E-state index in [1.54, 1.807) is 0 Å². The highest BCUT2D eigenvalue weighted by Crippen LogP contribution is 2.19. The van der Waals surface area contributed by atoms with Crippen LogP contribution in [0.2, 0.25) is 5.02 Å². The first kappa shape index (κ1) is 17.8. The van der Waals surface area contributed by atoms with Gasteiger partial charge in [-0.15, -0.1) is 0 Å². The van der Waals surface area contributed by atoms with Gasteiger partial charge in [0.2, 0.25) is 0 Å². The number of hydrogen-bond acceptors (Lipinski definition) is 3. The minimum absolute atomic E-state index is 0.595. The largest absolute Gasteiger partial charge is 0.492 e. The Hall–Kier alpha value is -2.04. The highest BCUT2D eigenvalue weighted by Gasteiger charge is 2.10. The molecule has 3 rings (SSSR count). The van der Waals surface area contributed by atoms with Gasteiger partial charge in [-0.3, -0.25) is 0 Å². The number of imidazole rings is 1. The predicted octanol–water partition coefficient (Wildman–Crippen LogP) is 4.44. The molecule has 0 atom stereocenters. The molecule has 0 saturated carbocycles. The van der Waals surface area contributed by atoms with Crippen LogP contribution in [-0.2, 0) is 13.0 Å². The van der Waals surface area contributed by atoms with E-state index in [2.05, 4.69) is 22.8 Å². The summed E-state index contributed by atoms with van der Waals surface area (Å²) < 4.78 is 8.13. The lowest BCUT2D eigenvalue weighted by Gasteiger charge is -2.11. The second-order valence-corrected chi connectivity index (χ2v) is 6.51. The van der Waals surface area contributed by atoms with Crippen LogP contribution in [0.4, 0.5) is 0 Å². The van der Waals surface area contributed by atoms with E-state index in [-0.39, 0.29) is 0 Å². The summed E-state index contributed by atoms with van der Waals surface area (Å²) in [5, 5.41) is 0.715. The first-order valence-corrected chi connectivity index (χ1v) is 9.18. The Morgan fingerprint density at radius 2 is 1.80 bits per heavy atom. The molecule has 3 aromatic rings. The Morgan fingerprint density at radius 1 is 1.00 bits per heavy atom. The number of benzene rings is 2. The molecule has 0 aliphatic heterocycles. The van der Waals surface area contributed by atoms with Crippen LogP contribution in [-0.4, -0.2) is 22.7 Å². The first-order valence-electron chi connectivity index (χ1n) is 8.80. The molecular formula is C20H24ClN3O. The van der Waals surface area contributed by atoms with Crippen LogP contribution >= 0.6 is 11.6 Å². The zero-order valence-corrected chi connectivity index (χ0v) is 15.1. The molecule has 2 N–H and O–H groups in total. The number of aromatic nitrogens is 2. The van der Waals surface area contributed by atoms with E-state index in [0.29, 0.717) is 11.6 Å². The zero-order valence-electron chi connectivity index (χ0n) is 14.3. The van der Waals surface area contributed by atoms with E-state index in [1.165, 1.54) is 0 Å². The van der Waals surface area contributed by atoms with E-state index in [0.717, 1.165) is 61.4 Å². The van der Waals surface area contributed by atoms with Gasteiger partial charge in [0.25, 0.3) is 0 Å². The van der Waals surface area contributed by atoms with Gasteiger partial charge in [-0.25, -0.2) is 4.98 Å². The van der Waals surface area contributed by atoms with Crippen molar-refractivity contribution < 1.29 is 4.74 Å². The highest BCUT2D eigenvalue weighted by molar-refractivity contribution is 6.30. The van der Waals surface area contributed by atoms with Crippen LogP contribution in [0.3, 0.4) is 0 Å². The third kappa shape index (κ3) is 4.74. The van der Waals surface area contributed by atoms with Crippen LogP contribution in [0.25, 0.3) is 11.0 Å². The monoisotopic (exact) mass is 357 g/mol. The Kier molecular flexibility index (Phi) is 6.31. The van der Waals surface area contributed by atoms with Crippen molar-refractivity contribution in [2.24, 2.45) is 5.73 Å². The fourth-order valence-electron chi connectivity index (χ4n) is 2.96. The molecular weight excluding hydrogens is 334 g/mol. The molecule has 0 spiro atoms. The Balaban J connectivity index is 1.68. The summed E-state index contributed by atoms with van der Waals surface area (Å²) in [7, 11) is 0. The van der Waals surface area contributed by atoms with Crippen molar-refractivity contribution in [3.05, 3.63) is 59.4 Å². The van der Waals surface area contributed by atoms with Gasteiger partial charge in [0.15, 0.2) is 0 Å². The SMILES string of the molecule is NCCCCCc1nc2ccccc2n1CCOc1ccc(Cl)cc1. The minimum Gasteiger partial charge on any atom is -0.492 e. The standard InChI is InChI=1S/C20H24ClN3O/c21-16-9-11-17(12-10-16)25-15-14-24-19-7-4-3-6-18(19)23-20(24)8-2-1-5-13-22/h3-4,6-7,9-12H,1-2,5,8,13-15,22H2. The Labute approximate surface area is 153 Å². The van der Waals surface area contributed by atoms with Gasteiger partial charge in [-0.05, 0) is 55.8 Å². The normalized spacial score (nSPS) is 11.1. The summed E-state index contributed by atoms with van der Waals surface area (Å²) in [6.07, 6.45) is 4.29. The van der Waals surface area contributed by atoms with Gasteiger partial charge < -0.3 is 15.0 Å². The molecule has 0 aliphatic carbocycles. The summed E-state index contributed by atoms with van der Waals surface area (Å²) >= 11 is 5.91. The van der Waals surface area contributed by atoms with Crippen LogP contribution in [0.1, 0.15) is 25.1 Å². The number of aryl methyl sites for hydroxylation is 1. The van der Waals surface area contributed by atoms with Gasteiger partial charge in [0, 0.05) is 11.4 Å². The van der Waals surface area contributed by atoms with Crippen molar-refractivity contribution in [3.8, 4) is 5.75 Å². The van der Waals surface area contributed by atoms with Crippen LogP contribution in [0.5, 0.6) is 5.75 Å². The Morgan fingerprint density at radius 3 is 2.60 bits per heavy atom. The highest BCUT2D eigenvalue weighted by atomic mass is 35.5. The molecule has 1 aromatic heterocycles. The van der Waals surface area contributed by atoms with Gasteiger partial charge in [0.05, 0.1) is 17.6 Å². The van der Waals surface area contributed by atoms with Crippen molar-refractivity contribution >= 4 is 22.6 Å². The van der Waals surface area contributed by atoms with Gasteiger partial charge in [0.1, 0.15) is 18.2 Å². The second-order valence-electron chi connectivity index (χ2n) is 6.07. The number of hydrogen-bond donors (Lipinski definition) is 1. The third-order valence-electron chi connectivity index (χ3n) is 4.24.